The van der Waals surface area contributed by atoms with Gasteiger partial charge in [-0.1, -0.05) is 84.9 Å². The standard InChI is InChI=1S/C43H43N5O5/c44-36-12-1-2-13-37(36)47-42(51)17-7-16-41(50)45-25-30-8-5-9-32(22-30)33-10-6-11-34(23-33)43-52-35(26-48-28-46-38-14-3-4-15-39(38)48)24-40(53-43)31-20-18-29(27-49)19-21-31/h1-6,8-15,18-23,28,35,40,43,49H,7,16-17,24-27,44H2,(H,45,50)(H,47,51)/t35-,40+,43+/m0/s1. The number of nitrogens with one attached hydrogen (secondary N) is 2. The SMILES string of the molecule is Nc1ccccc1NC(=O)CCCC(=O)NCc1cccc(-c2cccc([C@@H]3O[C@H](Cn4cnc5ccccc54)C[C@H](c4ccc(CO)cc4)O3)c2)c1. The molecule has 270 valence electrons. The second-order valence-corrected chi connectivity index (χ2v) is 13.3. The summed E-state index contributed by atoms with van der Waals surface area (Å²) in [6.45, 7) is 0.977. The molecule has 1 aromatic heterocycles. The molecule has 53 heavy (non-hydrogen) atoms. The lowest BCUT2D eigenvalue weighted by Gasteiger charge is -2.36. The van der Waals surface area contributed by atoms with Crippen molar-refractivity contribution in [1.82, 2.24) is 14.9 Å². The predicted molar refractivity (Wildman–Crippen MR) is 205 cm³/mol. The molecule has 1 saturated heterocycles. The van der Waals surface area contributed by atoms with Gasteiger partial charge in [0.25, 0.3) is 0 Å². The van der Waals surface area contributed by atoms with Crippen LogP contribution in [0.5, 0.6) is 0 Å². The number of aliphatic hydroxyl groups is 1. The van der Waals surface area contributed by atoms with Gasteiger partial charge in [0.05, 0.1) is 54.1 Å². The highest BCUT2D eigenvalue weighted by Gasteiger charge is 2.33. The first-order valence-electron chi connectivity index (χ1n) is 17.9. The molecule has 0 saturated carbocycles. The van der Waals surface area contributed by atoms with Crippen LogP contribution in [0.25, 0.3) is 22.2 Å². The number of hydrogen-bond acceptors (Lipinski definition) is 7. The van der Waals surface area contributed by atoms with E-state index in [9.17, 15) is 14.7 Å². The number of aromatic nitrogens is 2. The van der Waals surface area contributed by atoms with Gasteiger partial charge in [0.15, 0.2) is 6.29 Å². The molecule has 2 amide bonds. The van der Waals surface area contributed by atoms with E-state index in [0.29, 0.717) is 37.3 Å². The number of anilines is 2. The van der Waals surface area contributed by atoms with Crippen LogP contribution in [0.1, 0.15) is 60.3 Å². The maximum Gasteiger partial charge on any atom is 0.224 e. The zero-order valence-corrected chi connectivity index (χ0v) is 29.4. The molecule has 1 aliphatic heterocycles. The number of fused-ring (bicyclic) bond motifs is 1. The molecular formula is C43H43N5O5. The molecule has 3 atom stereocenters. The lowest BCUT2D eigenvalue weighted by molar-refractivity contribution is -0.252. The third-order valence-corrected chi connectivity index (χ3v) is 9.49. The van der Waals surface area contributed by atoms with Crippen molar-refractivity contribution in [3.63, 3.8) is 0 Å². The molecule has 5 N–H and O–H groups in total. The molecule has 0 bridgehead atoms. The number of benzene rings is 5. The summed E-state index contributed by atoms with van der Waals surface area (Å²) in [4.78, 5) is 29.5. The number of imidazole rings is 1. The molecule has 2 heterocycles. The van der Waals surface area contributed by atoms with E-state index in [-0.39, 0.29) is 43.5 Å². The number of aliphatic hydroxyl groups excluding tert-OH is 1. The Morgan fingerprint density at radius 1 is 0.792 bits per heavy atom. The largest absolute Gasteiger partial charge is 0.397 e. The van der Waals surface area contributed by atoms with E-state index >= 15 is 0 Å². The van der Waals surface area contributed by atoms with Gasteiger partial charge in [-0.05, 0) is 70.6 Å². The summed E-state index contributed by atoms with van der Waals surface area (Å²) in [7, 11) is 0. The van der Waals surface area contributed by atoms with Crippen LogP contribution >= 0.6 is 0 Å². The number of amides is 2. The van der Waals surface area contributed by atoms with Gasteiger partial charge in [-0.15, -0.1) is 0 Å². The van der Waals surface area contributed by atoms with Gasteiger partial charge in [0, 0.05) is 31.4 Å². The van der Waals surface area contributed by atoms with Gasteiger partial charge < -0.3 is 35.5 Å². The summed E-state index contributed by atoms with van der Waals surface area (Å²) in [5, 5.41) is 15.4. The Labute approximate surface area is 308 Å². The molecule has 10 heteroatoms. The monoisotopic (exact) mass is 709 g/mol. The summed E-state index contributed by atoms with van der Waals surface area (Å²) in [6.07, 6.45) is 2.44. The second-order valence-electron chi connectivity index (χ2n) is 13.3. The number of ether oxygens (including phenoxy) is 2. The van der Waals surface area contributed by atoms with Gasteiger partial charge in [-0.3, -0.25) is 9.59 Å². The lowest BCUT2D eigenvalue weighted by atomic mass is 9.98. The average Bonchev–Trinajstić information content (AvgIpc) is 3.60. The van der Waals surface area contributed by atoms with E-state index in [4.69, 9.17) is 15.2 Å². The van der Waals surface area contributed by atoms with Crippen LogP contribution in [0.4, 0.5) is 11.4 Å². The number of para-hydroxylation sites is 4. The topological polar surface area (TPSA) is 141 Å². The Balaban J connectivity index is 1.00. The van der Waals surface area contributed by atoms with Crippen LogP contribution in [0.15, 0.2) is 128 Å². The molecule has 0 radical (unpaired) electrons. The highest BCUT2D eigenvalue weighted by atomic mass is 16.7. The average molecular weight is 710 g/mol. The third kappa shape index (κ3) is 8.99. The van der Waals surface area contributed by atoms with Crippen molar-refractivity contribution in [2.45, 2.75) is 63.9 Å². The highest BCUT2D eigenvalue weighted by Crippen LogP contribution is 2.39. The van der Waals surface area contributed by atoms with Crippen molar-refractivity contribution in [2.75, 3.05) is 11.1 Å². The Morgan fingerprint density at radius 2 is 1.55 bits per heavy atom. The molecule has 0 aliphatic carbocycles. The number of nitrogens with zero attached hydrogens (tertiary/aromatic N) is 2. The molecular weight excluding hydrogens is 667 g/mol. The fourth-order valence-corrected chi connectivity index (χ4v) is 6.66. The molecule has 6 aromatic rings. The van der Waals surface area contributed by atoms with Crippen molar-refractivity contribution in [1.29, 1.82) is 0 Å². The maximum absolute atomic E-state index is 12.6. The van der Waals surface area contributed by atoms with Gasteiger partial charge in [-0.25, -0.2) is 4.98 Å². The number of carbonyl (C=O) groups excluding carboxylic acids is 2. The number of nitrogen functional groups attached to an aromatic ring is 1. The minimum absolute atomic E-state index is 0.0135. The zero-order valence-electron chi connectivity index (χ0n) is 29.4. The summed E-state index contributed by atoms with van der Waals surface area (Å²) in [5.41, 5.74) is 14.7. The zero-order chi connectivity index (χ0) is 36.6. The van der Waals surface area contributed by atoms with Crippen molar-refractivity contribution in [3.05, 3.63) is 150 Å². The van der Waals surface area contributed by atoms with Crippen LogP contribution in [0.3, 0.4) is 0 Å². The first-order chi connectivity index (χ1) is 25.9. The Morgan fingerprint density at radius 3 is 2.38 bits per heavy atom. The van der Waals surface area contributed by atoms with E-state index in [2.05, 4.69) is 44.5 Å². The van der Waals surface area contributed by atoms with Crippen molar-refractivity contribution < 1.29 is 24.2 Å². The number of rotatable bonds is 13. The summed E-state index contributed by atoms with van der Waals surface area (Å²) >= 11 is 0. The van der Waals surface area contributed by atoms with Gasteiger partial charge in [-0.2, -0.15) is 0 Å². The quantitative estimate of drug-likeness (QED) is 0.0914. The van der Waals surface area contributed by atoms with E-state index in [0.717, 1.165) is 44.4 Å². The molecule has 1 aliphatic rings. The van der Waals surface area contributed by atoms with Gasteiger partial charge in [0.1, 0.15) is 0 Å². The Hall–Kier alpha value is -5.81. The second kappa shape index (κ2) is 16.7. The lowest BCUT2D eigenvalue weighted by Crippen LogP contribution is -2.32. The summed E-state index contributed by atoms with van der Waals surface area (Å²) < 4.78 is 15.4. The van der Waals surface area contributed by atoms with Crippen LogP contribution in [-0.2, 0) is 38.8 Å². The van der Waals surface area contributed by atoms with Crippen LogP contribution in [-0.4, -0.2) is 32.6 Å². The first-order valence-corrected chi connectivity index (χ1v) is 17.9. The molecule has 1 fully saturated rings. The molecule has 0 spiro atoms. The Kier molecular flexibility index (Phi) is 11.2. The van der Waals surface area contributed by atoms with Crippen molar-refractivity contribution >= 4 is 34.2 Å². The highest BCUT2D eigenvalue weighted by molar-refractivity contribution is 5.94. The fourth-order valence-electron chi connectivity index (χ4n) is 6.66. The number of nitrogens with two attached hydrogens (primary N) is 1. The molecule has 5 aromatic carbocycles. The third-order valence-electron chi connectivity index (χ3n) is 9.49. The van der Waals surface area contributed by atoms with Crippen molar-refractivity contribution in [3.8, 4) is 11.1 Å². The Bertz CT molecular complexity index is 2180. The van der Waals surface area contributed by atoms with Gasteiger partial charge >= 0.3 is 0 Å². The van der Waals surface area contributed by atoms with Crippen LogP contribution in [0.2, 0.25) is 0 Å². The summed E-state index contributed by atoms with van der Waals surface area (Å²) in [6, 6.07) is 39.3. The smallest absolute Gasteiger partial charge is 0.224 e. The van der Waals surface area contributed by atoms with Crippen molar-refractivity contribution in [2.24, 2.45) is 0 Å². The van der Waals surface area contributed by atoms with E-state index < -0.39 is 6.29 Å². The number of carbonyl (C=O) groups is 2. The fraction of sp³-hybridized carbons (Fsp3) is 0.233. The van der Waals surface area contributed by atoms with E-state index in [1.807, 2.05) is 85.2 Å². The minimum Gasteiger partial charge on any atom is -0.397 e. The normalized spacial score (nSPS) is 17.0. The maximum atomic E-state index is 12.6. The van der Waals surface area contributed by atoms with Crippen LogP contribution in [0, 0.1) is 0 Å². The van der Waals surface area contributed by atoms with E-state index in [1.54, 1.807) is 18.2 Å². The predicted octanol–water partition coefficient (Wildman–Crippen LogP) is 7.45. The molecule has 10 nitrogen and oxygen atoms in total. The molecule has 0 unspecified atom stereocenters. The number of hydrogen-bond donors (Lipinski definition) is 4. The minimum atomic E-state index is -0.611. The van der Waals surface area contributed by atoms with Crippen LogP contribution < -0.4 is 16.4 Å². The first kappa shape index (κ1) is 35.6. The molecule has 7 rings (SSSR count). The summed E-state index contributed by atoms with van der Waals surface area (Å²) in [5.74, 6) is -0.293. The van der Waals surface area contributed by atoms with E-state index in [1.165, 1.54) is 0 Å². The van der Waals surface area contributed by atoms with Gasteiger partial charge in [0.2, 0.25) is 11.8 Å².